The van der Waals surface area contributed by atoms with Crippen LogP contribution in [0.5, 0.6) is 11.5 Å². The predicted octanol–water partition coefficient (Wildman–Crippen LogP) is 5.07. The summed E-state index contributed by atoms with van der Waals surface area (Å²) in [5.41, 5.74) is 1.90. The van der Waals surface area contributed by atoms with Gasteiger partial charge in [0.05, 0.1) is 2.74 Å². The highest BCUT2D eigenvalue weighted by Gasteiger charge is 2.29. The molecule has 1 aromatic carbocycles. The van der Waals surface area contributed by atoms with E-state index in [9.17, 15) is 10.2 Å². The number of hydrogen-bond donors (Lipinski definition) is 2. The maximum Gasteiger partial charge on any atom is 0.123 e. The Morgan fingerprint density at radius 1 is 1.43 bits per heavy atom. The molecule has 0 amide bonds. The maximum atomic E-state index is 10.5. The van der Waals surface area contributed by atoms with E-state index >= 15 is 0 Å². The second-order valence-electron chi connectivity index (χ2n) is 5.84. The van der Waals surface area contributed by atoms with Crippen molar-refractivity contribution in [3.8, 4) is 11.5 Å². The van der Waals surface area contributed by atoms with E-state index in [1.54, 1.807) is 25.1 Å². The number of aromatic hydroxyl groups is 2. The van der Waals surface area contributed by atoms with Gasteiger partial charge in [0.25, 0.3) is 0 Å². The van der Waals surface area contributed by atoms with E-state index < -0.39 is 12.8 Å². The number of hydrogen-bond acceptors (Lipinski definition) is 2. The van der Waals surface area contributed by atoms with E-state index in [1.807, 2.05) is 6.92 Å². The summed E-state index contributed by atoms with van der Waals surface area (Å²) in [6, 6.07) is 3.21. The molecular formula is C19H26O2. The highest BCUT2D eigenvalue weighted by molar-refractivity contribution is 5.51. The molecule has 0 bridgehead atoms. The molecule has 0 heterocycles. The standard InChI is InChI=1S/C19H26O2/c1-5-6-14-10-17(20)19(18(21)11-14)16-9-13(4)7-8-15(16)12(2)3/h9-11,15-16,20-21H,2,5-8H2,1,3-4H3/t15-,16+/m0/s1/i2D2,4D3. The van der Waals surface area contributed by atoms with Crippen molar-refractivity contribution < 1.29 is 17.1 Å². The fourth-order valence-electron chi connectivity index (χ4n) is 3.13. The van der Waals surface area contributed by atoms with Crippen LogP contribution in [0.15, 0.2) is 35.9 Å². The summed E-state index contributed by atoms with van der Waals surface area (Å²) in [6.07, 6.45) is 3.97. The van der Waals surface area contributed by atoms with Gasteiger partial charge in [-0.3, -0.25) is 0 Å². The Morgan fingerprint density at radius 3 is 2.71 bits per heavy atom. The predicted molar refractivity (Wildman–Crippen MR) is 87.8 cm³/mol. The molecule has 0 saturated heterocycles. The molecule has 0 aliphatic heterocycles. The average molecular weight is 291 g/mol. The number of rotatable bonds is 4. The largest absolute Gasteiger partial charge is 0.507 e. The molecule has 2 rings (SSSR count). The number of benzene rings is 1. The number of phenolic OH excluding ortho intramolecular Hbond substituents is 2. The quantitative estimate of drug-likeness (QED) is 0.761. The van der Waals surface area contributed by atoms with Crippen LogP contribution in [-0.2, 0) is 6.42 Å². The first-order valence-electron chi connectivity index (χ1n) is 9.96. The summed E-state index contributed by atoms with van der Waals surface area (Å²) in [5, 5.41) is 21.1. The Labute approximate surface area is 134 Å². The molecule has 21 heavy (non-hydrogen) atoms. The molecule has 1 aliphatic carbocycles. The van der Waals surface area contributed by atoms with Crippen molar-refractivity contribution in [1.82, 2.24) is 0 Å². The summed E-state index contributed by atoms with van der Waals surface area (Å²) in [5.74, 6) is -1.04. The van der Waals surface area contributed by atoms with Crippen molar-refractivity contribution in [2.75, 3.05) is 0 Å². The first kappa shape index (κ1) is 10.1. The van der Waals surface area contributed by atoms with Gasteiger partial charge in [-0.15, -0.1) is 0 Å². The zero-order valence-electron chi connectivity index (χ0n) is 17.6. The van der Waals surface area contributed by atoms with Crippen LogP contribution in [0, 0.1) is 5.92 Å². The normalized spacial score (nSPS) is 25.8. The molecule has 0 unspecified atom stereocenters. The monoisotopic (exact) mass is 291 g/mol. The van der Waals surface area contributed by atoms with Gasteiger partial charge < -0.3 is 10.2 Å². The Hall–Kier alpha value is -1.70. The van der Waals surface area contributed by atoms with E-state index in [2.05, 4.69) is 0 Å². The van der Waals surface area contributed by atoms with Crippen molar-refractivity contribution in [3.05, 3.63) is 47.0 Å². The van der Waals surface area contributed by atoms with Gasteiger partial charge >= 0.3 is 0 Å². The van der Waals surface area contributed by atoms with Crippen LogP contribution in [0.2, 0.25) is 0 Å². The fourth-order valence-corrected chi connectivity index (χ4v) is 3.13. The molecule has 2 N–H and O–H groups in total. The van der Waals surface area contributed by atoms with Crippen molar-refractivity contribution in [3.63, 3.8) is 0 Å². The first-order valence-corrected chi connectivity index (χ1v) is 7.46. The van der Waals surface area contributed by atoms with Crippen LogP contribution in [0.4, 0.5) is 0 Å². The Morgan fingerprint density at radius 2 is 2.14 bits per heavy atom. The van der Waals surface area contributed by atoms with Crippen molar-refractivity contribution in [2.24, 2.45) is 5.92 Å². The molecule has 0 saturated carbocycles. The lowest BCUT2D eigenvalue weighted by molar-refractivity contribution is 0.406. The summed E-state index contributed by atoms with van der Waals surface area (Å²) < 4.78 is 38.3. The van der Waals surface area contributed by atoms with Gasteiger partial charge in [0.1, 0.15) is 11.5 Å². The van der Waals surface area contributed by atoms with E-state index in [0.717, 1.165) is 12.0 Å². The maximum absolute atomic E-state index is 10.5. The minimum Gasteiger partial charge on any atom is -0.507 e. The van der Waals surface area contributed by atoms with Gasteiger partial charge in [-0.1, -0.05) is 37.1 Å². The van der Waals surface area contributed by atoms with Crippen LogP contribution in [0.1, 0.15) is 63.9 Å². The number of aryl methyl sites for hydroxylation is 1. The second-order valence-corrected chi connectivity index (χ2v) is 5.84. The smallest absolute Gasteiger partial charge is 0.123 e. The van der Waals surface area contributed by atoms with Gasteiger partial charge in [-0.2, -0.15) is 0 Å². The Bertz CT molecular complexity index is 707. The van der Waals surface area contributed by atoms with Crippen LogP contribution in [-0.4, -0.2) is 10.2 Å². The molecule has 1 aliphatic rings. The summed E-state index contributed by atoms with van der Waals surface area (Å²) in [6.45, 7) is 1.13. The van der Waals surface area contributed by atoms with Gasteiger partial charge in [-0.25, -0.2) is 0 Å². The van der Waals surface area contributed by atoms with E-state index in [-0.39, 0.29) is 29.5 Å². The molecule has 0 spiro atoms. The Kier molecular flexibility index (Phi) is 3.07. The average Bonchev–Trinajstić information content (AvgIpc) is 2.52. The van der Waals surface area contributed by atoms with Crippen LogP contribution < -0.4 is 0 Å². The topological polar surface area (TPSA) is 40.5 Å². The summed E-state index contributed by atoms with van der Waals surface area (Å²) in [4.78, 5) is 0. The minimum absolute atomic E-state index is 0.0733. The third-order valence-electron chi connectivity index (χ3n) is 4.16. The van der Waals surface area contributed by atoms with Gasteiger partial charge in [0, 0.05) is 15.6 Å². The zero-order valence-corrected chi connectivity index (χ0v) is 12.6. The summed E-state index contributed by atoms with van der Waals surface area (Å²) in [7, 11) is 0. The van der Waals surface area contributed by atoms with Gasteiger partial charge in [0.2, 0.25) is 0 Å². The molecule has 0 radical (unpaired) electrons. The lowest BCUT2D eigenvalue weighted by atomic mass is 9.73. The van der Waals surface area contributed by atoms with Crippen molar-refractivity contribution in [1.29, 1.82) is 0 Å². The zero-order chi connectivity index (χ0) is 19.6. The summed E-state index contributed by atoms with van der Waals surface area (Å²) >= 11 is 0. The highest BCUT2D eigenvalue weighted by atomic mass is 16.3. The Balaban J connectivity index is 2.61. The molecular weight excluding hydrogens is 260 g/mol. The van der Waals surface area contributed by atoms with E-state index in [1.165, 1.54) is 0 Å². The number of allylic oxidation sites excluding steroid dienone is 3. The molecule has 2 heteroatoms. The molecule has 1 aromatic rings. The van der Waals surface area contributed by atoms with Crippen molar-refractivity contribution in [2.45, 2.75) is 52.3 Å². The molecule has 0 fully saturated rings. The number of phenols is 2. The minimum atomic E-state index is -2.24. The molecule has 2 nitrogen and oxygen atoms in total. The highest BCUT2D eigenvalue weighted by Crippen LogP contribution is 2.46. The fraction of sp³-hybridized carbons (Fsp3) is 0.474. The van der Waals surface area contributed by atoms with Crippen LogP contribution in [0.3, 0.4) is 0 Å². The lowest BCUT2D eigenvalue weighted by Gasteiger charge is -2.31. The second kappa shape index (κ2) is 6.38. The SMILES string of the molecule is [2H]C([2H])=C(C)[C@@H]1CCC(C([2H])([2H])[2H])=C[C@H]1c1c(O)cc(CCC)cc1O. The van der Waals surface area contributed by atoms with Gasteiger partial charge in [-0.05, 0) is 56.7 Å². The molecule has 2 atom stereocenters. The van der Waals surface area contributed by atoms with Crippen LogP contribution >= 0.6 is 0 Å². The van der Waals surface area contributed by atoms with Gasteiger partial charge in [0.15, 0.2) is 0 Å². The van der Waals surface area contributed by atoms with Crippen LogP contribution in [0.25, 0.3) is 0 Å². The molecule has 114 valence electrons. The first-order chi connectivity index (χ1) is 12.1. The third-order valence-corrected chi connectivity index (χ3v) is 4.16. The lowest BCUT2D eigenvalue weighted by Crippen LogP contribution is -2.17. The molecule has 0 aromatic heterocycles. The third kappa shape index (κ3) is 3.31. The van der Waals surface area contributed by atoms with Crippen molar-refractivity contribution >= 4 is 0 Å². The van der Waals surface area contributed by atoms with E-state index in [4.69, 9.17) is 6.85 Å². The van der Waals surface area contributed by atoms with E-state index in [0.29, 0.717) is 30.4 Å².